The summed E-state index contributed by atoms with van der Waals surface area (Å²) in [4.78, 5) is 11.4. The first kappa shape index (κ1) is 14.3. The monoisotopic (exact) mass is 298 g/mol. The molecule has 0 fully saturated rings. The highest BCUT2D eigenvalue weighted by atomic mass is 32.1. The molecule has 0 spiro atoms. The fraction of sp³-hybridized carbons (Fsp3) is 0.0714. The number of carboxylic acid groups (broad SMARTS) is 1. The van der Waals surface area contributed by atoms with Gasteiger partial charge in [-0.25, -0.2) is 4.79 Å². The third-order valence-corrected chi connectivity index (χ3v) is 3.60. The molecule has 0 amide bonds. The standard InChI is InChI=1S/C14H9F3O2S/c15-14(16,17)11-4-2-1-3-10(11)12-7-5-9(20-12)6-8-13(18)19/h1-8H,(H,18,19)/b8-6+. The fourth-order valence-corrected chi connectivity index (χ4v) is 2.64. The van der Waals surface area contributed by atoms with Crippen LogP contribution >= 0.6 is 11.3 Å². The molecule has 0 aliphatic heterocycles. The van der Waals surface area contributed by atoms with Crippen molar-refractivity contribution in [2.75, 3.05) is 0 Å². The first-order chi connectivity index (χ1) is 9.38. The van der Waals surface area contributed by atoms with Gasteiger partial charge in [0, 0.05) is 21.4 Å². The van der Waals surface area contributed by atoms with Gasteiger partial charge in [-0.3, -0.25) is 0 Å². The van der Waals surface area contributed by atoms with Gasteiger partial charge in [0.15, 0.2) is 0 Å². The average Bonchev–Trinajstić information content (AvgIpc) is 2.84. The predicted molar refractivity (Wildman–Crippen MR) is 71.4 cm³/mol. The molecule has 0 bridgehead atoms. The molecule has 0 saturated carbocycles. The Morgan fingerprint density at radius 1 is 1.15 bits per heavy atom. The van der Waals surface area contributed by atoms with Crippen LogP contribution in [0.4, 0.5) is 13.2 Å². The smallest absolute Gasteiger partial charge is 0.417 e. The zero-order valence-electron chi connectivity index (χ0n) is 10.0. The molecule has 2 nitrogen and oxygen atoms in total. The Balaban J connectivity index is 2.41. The van der Waals surface area contributed by atoms with Crippen molar-refractivity contribution in [3.05, 3.63) is 52.9 Å². The van der Waals surface area contributed by atoms with Gasteiger partial charge < -0.3 is 5.11 Å². The second kappa shape index (κ2) is 5.50. The molecule has 2 rings (SSSR count). The molecule has 0 aliphatic carbocycles. The molecule has 0 aliphatic rings. The maximum atomic E-state index is 12.9. The fourth-order valence-electron chi connectivity index (χ4n) is 1.69. The highest BCUT2D eigenvalue weighted by Gasteiger charge is 2.33. The summed E-state index contributed by atoms with van der Waals surface area (Å²) in [6.07, 6.45) is -2.12. The Labute approximate surface area is 116 Å². The highest BCUT2D eigenvalue weighted by Crippen LogP contribution is 2.39. The maximum Gasteiger partial charge on any atom is 0.417 e. The van der Waals surface area contributed by atoms with E-state index in [1.807, 2.05) is 0 Å². The van der Waals surface area contributed by atoms with E-state index in [-0.39, 0.29) is 5.56 Å². The average molecular weight is 298 g/mol. The molecule has 104 valence electrons. The molecular formula is C14H9F3O2S. The Hall–Kier alpha value is -2.08. The summed E-state index contributed by atoms with van der Waals surface area (Å²) in [5.74, 6) is -1.10. The van der Waals surface area contributed by atoms with Crippen molar-refractivity contribution >= 4 is 23.4 Å². The van der Waals surface area contributed by atoms with Gasteiger partial charge in [0.1, 0.15) is 0 Å². The van der Waals surface area contributed by atoms with Gasteiger partial charge in [-0.2, -0.15) is 13.2 Å². The number of aliphatic carboxylic acids is 1. The van der Waals surface area contributed by atoms with Gasteiger partial charge in [0.2, 0.25) is 0 Å². The predicted octanol–water partition coefficient (Wildman–Crippen LogP) is 4.53. The topological polar surface area (TPSA) is 37.3 Å². The highest BCUT2D eigenvalue weighted by molar-refractivity contribution is 7.16. The zero-order valence-corrected chi connectivity index (χ0v) is 10.8. The lowest BCUT2D eigenvalue weighted by Gasteiger charge is -2.10. The minimum Gasteiger partial charge on any atom is -0.478 e. The van der Waals surface area contributed by atoms with Crippen molar-refractivity contribution in [1.29, 1.82) is 0 Å². The van der Waals surface area contributed by atoms with E-state index in [4.69, 9.17) is 5.11 Å². The lowest BCUT2D eigenvalue weighted by Crippen LogP contribution is -2.06. The third-order valence-electron chi connectivity index (χ3n) is 2.51. The number of rotatable bonds is 3. The maximum absolute atomic E-state index is 12.9. The lowest BCUT2D eigenvalue weighted by molar-refractivity contribution is -0.137. The Morgan fingerprint density at radius 3 is 2.50 bits per heavy atom. The molecule has 2 aromatic rings. The van der Waals surface area contributed by atoms with Crippen LogP contribution in [0.1, 0.15) is 10.4 Å². The van der Waals surface area contributed by atoms with Crippen LogP contribution in [-0.4, -0.2) is 11.1 Å². The summed E-state index contributed by atoms with van der Waals surface area (Å²) in [7, 11) is 0. The molecule has 0 saturated heterocycles. The molecule has 0 atom stereocenters. The molecule has 20 heavy (non-hydrogen) atoms. The van der Waals surface area contributed by atoms with Crippen LogP contribution in [0.5, 0.6) is 0 Å². The molecule has 1 aromatic carbocycles. The number of hydrogen-bond acceptors (Lipinski definition) is 2. The summed E-state index contributed by atoms with van der Waals surface area (Å²) in [6.45, 7) is 0. The first-order valence-electron chi connectivity index (χ1n) is 5.55. The van der Waals surface area contributed by atoms with E-state index in [1.54, 1.807) is 12.1 Å². The number of benzene rings is 1. The number of alkyl halides is 3. The number of carbonyl (C=O) groups is 1. The molecule has 1 N–H and O–H groups in total. The van der Waals surface area contributed by atoms with Crippen molar-refractivity contribution in [2.45, 2.75) is 6.18 Å². The number of halogens is 3. The molecular weight excluding hydrogens is 289 g/mol. The summed E-state index contributed by atoms with van der Waals surface area (Å²) < 4.78 is 38.7. The van der Waals surface area contributed by atoms with Crippen LogP contribution < -0.4 is 0 Å². The summed E-state index contributed by atoms with van der Waals surface area (Å²) in [5.41, 5.74) is -0.601. The van der Waals surface area contributed by atoms with E-state index < -0.39 is 17.7 Å². The quantitative estimate of drug-likeness (QED) is 0.845. The van der Waals surface area contributed by atoms with Crippen LogP contribution in [0.15, 0.2) is 42.5 Å². The lowest BCUT2D eigenvalue weighted by atomic mass is 10.1. The van der Waals surface area contributed by atoms with Crippen molar-refractivity contribution in [1.82, 2.24) is 0 Å². The van der Waals surface area contributed by atoms with E-state index in [1.165, 1.54) is 24.3 Å². The van der Waals surface area contributed by atoms with Crippen LogP contribution in [-0.2, 0) is 11.0 Å². The summed E-state index contributed by atoms with van der Waals surface area (Å²) in [5, 5.41) is 8.52. The van der Waals surface area contributed by atoms with Crippen molar-refractivity contribution in [3.8, 4) is 10.4 Å². The Kier molecular flexibility index (Phi) is 3.94. The molecule has 1 aromatic heterocycles. The minimum atomic E-state index is -4.42. The van der Waals surface area contributed by atoms with E-state index >= 15 is 0 Å². The van der Waals surface area contributed by atoms with Gasteiger partial charge in [-0.05, 0) is 24.3 Å². The van der Waals surface area contributed by atoms with E-state index in [0.29, 0.717) is 9.75 Å². The molecule has 0 radical (unpaired) electrons. The van der Waals surface area contributed by atoms with Crippen LogP contribution in [0.2, 0.25) is 0 Å². The third kappa shape index (κ3) is 3.27. The van der Waals surface area contributed by atoms with Crippen LogP contribution in [0.25, 0.3) is 16.5 Å². The number of thiophene rings is 1. The van der Waals surface area contributed by atoms with E-state index in [0.717, 1.165) is 23.5 Å². The van der Waals surface area contributed by atoms with Crippen molar-refractivity contribution < 1.29 is 23.1 Å². The second-order valence-electron chi connectivity index (χ2n) is 3.92. The van der Waals surface area contributed by atoms with Gasteiger partial charge in [-0.15, -0.1) is 11.3 Å². The van der Waals surface area contributed by atoms with Gasteiger partial charge in [-0.1, -0.05) is 18.2 Å². The number of carboxylic acids is 1. The second-order valence-corrected chi connectivity index (χ2v) is 5.03. The molecule has 6 heteroatoms. The van der Waals surface area contributed by atoms with E-state index in [9.17, 15) is 18.0 Å². The van der Waals surface area contributed by atoms with E-state index in [2.05, 4.69) is 0 Å². The van der Waals surface area contributed by atoms with Crippen molar-refractivity contribution in [2.24, 2.45) is 0 Å². The van der Waals surface area contributed by atoms with Crippen molar-refractivity contribution in [3.63, 3.8) is 0 Å². The van der Waals surface area contributed by atoms with Gasteiger partial charge in [0.25, 0.3) is 0 Å². The molecule has 0 unspecified atom stereocenters. The largest absolute Gasteiger partial charge is 0.478 e. The summed E-state index contributed by atoms with van der Waals surface area (Å²) >= 11 is 1.11. The number of hydrogen-bond donors (Lipinski definition) is 1. The zero-order chi connectivity index (χ0) is 14.8. The summed E-state index contributed by atoms with van der Waals surface area (Å²) in [6, 6.07) is 8.45. The SMILES string of the molecule is O=C(O)/C=C/c1ccc(-c2ccccc2C(F)(F)F)s1. The van der Waals surface area contributed by atoms with Crippen LogP contribution in [0, 0.1) is 0 Å². The minimum absolute atomic E-state index is 0.0972. The van der Waals surface area contributed by atoms with Crippen LogP contribution in [0.3, 0.4) is 0 Å². The van der Waals surface area contributed by atoms with Gasteiger partial charge in [0.05, 0.1) is 5.56 Å². The first-order valence-corrected chi connectivity index (χ1v) is 6.37. The molecule has 1 heterocycles. The normalized spacial score (nSPS) is 11.9. The Bertz CT molecular complexity index is 656. The van der Waals surface area contributed by atoms with Gasteiger partial charge >= 0.3 is 12.1 Å². The Morgan fingerprint density at radius 2 is 1.85 bits per heavy atom.